The van der Waals surface area contributed by atoms with Crippen LogP contribution in [0.3, 0.4) is 0 Å². The second-order valence-electron chi connectivity index (χ2n) is 5.60. The van der Waals surface area contributed by atoms with Crippen molar-refractivity contribution in [2.75, 3.05) is 19.5 Å². The third kappa shape index (κ3) is 5.00. The molecule has 20 heavy (non-hydrogen) atoms. The van der Waals surface area contributed by atoms with Crippen LogP contribution in [0.25, 0.3) is 0 Å². The number of aliphatic hydroxyl groups excluding tert-OH is 1. The van der Waals surface area contributed by atoms with E-state index in [1.54, 1.807) is 7.11 Å². The van der Waals surface area contributed by atoms with Crippen molar-refractivity contribution in [2.45, 2.75) is 38.1 Å². The summed E-state index contributed by atoms with van der Waals surface area (Å²) in [7, 11) is 1.72. The minimum Gasteiger partial charge on any atom is -0.496 e. The minimum absolute atomic E-state index is 0.259. The third-order valence-electron chi connectivity index (χ3n) is 3.49. The predicted molar refractivity (Wildman–Crippen MR) is 85.3 cm³/mol. The van der Waals surface area contributed by atoms with E-state index in [4.69, 9.17) is 9.84 Å². The largest absolute Gasteiger partial charge is 0.496 e. The summed E-state index contributed by atoms with van der Waals surface area (Å²) in [5.74, 6) is 3.23. The third-order valence-corrected chi connectivity index (χ3v) is 4.81. The highest BCUT2D eigenvalue weighted by Crippen LogP contribution is 2.26. The van der Waals surface area contributed by atoms with Crippen LogP contribution in [0.4, 0.5) is 0 Å². The van der Waals surface area contributed by atoms with Gasteiger partial charge in [-0.2, -0.15) is 11.8 Å². The van der Waals surface area contributed by atoms with Gasteiger partial charge in [0.05, 0.1) is 7.11 Å². The number of hydrogen-bond acceptors (Lipinski definition) is 4. The van der Waals surface area contributed by atoms with Gasteiger partial charge in [0.2, 0.25) is 0 Å². The van der Waals surface area contributed by atoms with E-state index in [2.05, 4.69) is 30.4 Å². The summed E-state index contributed by atoms with van der Waals surface area (Å²) in [6.45, 7) is 3.27. The molecule has 1 aromatic carbocycles. The van der Waals surface area contributed by atoms with E-state index >= 15 is 0 Å². The van der Waals surface area contributed by atoms with E-state index in [-0.39, 0.29) is 6.61 Å². The Morgan fingerprint density at radius 3 is 2.90 bits per heavy atom. The summed E-state index contributed by atoms with van der Waals surface area (Å²) in [5.41, 5.74) is 2.57. The van der Waals surface area contributed by atoms with Gasteiger partial charge in [-0.15, -0.1) is 0 Å². The van der Waals surface area contributed by atoms with Crippen molar-refractivity contribution in [3.63, 3.8) is 0 Å². The number of thioether (sulfide) groups is 1. The zero-order valence-corrected chi connectivity index (χ0v) is 13.2. The zero-order valence-electron chi connectivity index (χ0n) is 12.4. The molecule has 3 nitrogen and oxygen atoms in total. The summed E-state index contributed by atoms with van der Waals surface area (Å²) in [4.78, 5) is 0. The van der Waals surface area contributed by atoms with Crippen LogP contribution in [0.1, 0.15) is 30.9 Å². The Hall–Kier alpha value is -0.710. The van der Waals surface area contributed by atoms with Crippen LogP contribution in [0.2, 0.25) is 0 Å². The average Bonchev–Trinajstić information content (AvgIpc) is 3.29. The van der Waals surface area contributed by atoms with Gasteiger partial charge < -0.3 is 15.2 Å². The van der Waals surface area contributed by atoms with Crippen LogP contribution >= 0.6 is 11.8 Å². The molecule has 4 heteroatoms. The molecule has 1 saturated carbocycles. The van der Waals surface area contributed by atoms with Crippen LogP contribution in [0, 0.1) is 5.92 Å². The fourth-order valence-electron chi connectivity index (χ4n) is 2.03. The monoisotopic (exact) mass is 295 g/mol. The normalized spacial score (nSPS) is 16.1. The average molecular weight is 295 g/mol. The fraction of sp³-hybridized carbons (Fsp3) is 0.625. The maximum atomic E-state index is 9.06. The molecule has 1 aliphatic rings. The van der Waals surface area contributed by atoms with Crippen molar-refractivity contribution >= 4 is 11.8 Å². The van der Waals surface area contributed by atoms with Crippen molar-refractivity contribution in [3.8, 4) is 5.75 Å². The molecule has 0 amide bonds. The second kappa shape index (κ2) is 7.91. The first kappa shape index (κ1) is 15.7. The van der Waals surface area contributed by atoms with Crippen LogP contribution in [-0.4, -0.2) is 30.6 Å². The lowest BCUT2D eigenvalue weighted by Crippen LogP contribution is -2.15. The number of methoxy groups -OCH3 is 1. The van der Waals surface area contributed by atoms with Gasteiger partial charge in [-0.25, -0.2) is 0 Å². The molecule has 1 aromatic rings. The molecular formula is C16H25NO2S. The second-order valence-corrected chi connectivity index (χ2v) is 6.63. The van der Waals surface area contributed by atoms with Gasteiger partial charge >= 0.3 is 0 Å². The maximum Gasteiger partial charge on any atom is 0.122 e. The lowest BCUT2D eigenvalue weighted by atomic mass is 10.1. The van der Waals surface area contributed by atoms with Crippen molar-refractivity contribution in [3.05, 3.63) is 29.3 Å². The molecule has 0 aromatic heterocycles. The number of hydrogen-bond donors (Lipinski definition) is 2. The maximum absolute atomic E-state index is 9.06. The van der Waals surface area contributed by atoms with E-state index in [0.717, 1.165) is 29.8 Å². The van der Waals surface area contributed by atoms with Gasteiger partial charge in [-0.3, -0.25) is 0 Å². The lowest BCUT2D eigenvalue weighted by molar-refractivity contribution is 0.250. The molecular weight excluding hydrogens is 270 g/mol. The molecule has 2 rings (SSSR count). The molecule has 0 bridgehead atoms. The lowest BCUT2D eigenvalue weighted by Gasteiger charge is -2.12. The summed E-state index contributed by atoms with van der Waals surface area (Å²) in [5, 5.41) is 12.6. The van der Waals surface area contributed by atoms with Gasteiger partial charge in [0.25, 0.3) is 0 Å². The molecule has 0 radical (unpaired) electrons. The molecule has 1 fully saturated rings. The molecule has 0 saturated heterocycles. The number of benzene rings is 1. The molecule has 1 unspecified atom stereocenters. The number of nitrogens with one attached hydrogen (secondary N) is 1. The number of rotatable bonds is 9. The Bertz CT molecular complexity index is 421. The van der Waals surface area contributed by atoms with Crippen LogP contribution in [-0.2, 0) is 12.3 Å². The van der Waals surface area contributed by atoms with Crippen molar-refractivity contribution in [2.24, 2.45) is 5.92 Å². The van der Waals surface area contributed by atoms with E-state index in [1.165, 1.54) is 24.0 Å². The number of ether oxygens (including phenoxy) is 1. The quantitative estimate of drug-likeness (QED) is 0.735. The highest BCUT2D eigenvalue weighted by molar-refractivity contribution is 7.98. The Kier molecular flexibility index (Phi) is 6.20. The summed E-state index contributed by atoms with van der Waals surface area (Å²) in [6, 6.07) is 7.18. The summed E-state index contributed by atoms with van der Waals surface area (Å²) < 4.78 is 5.44. The van der Waals surface area contributed by atoms with Crippen LogP contribution in [0.15, 0.2) is 18.2 Å². The smallest absolute Gasteiger partial charge is 0.122 e. The van der Waals surface area contributed by atoms with E-state index in [1.807, 2.05) is 11.8 Å². The Labute approximate surface area is 126 Å². The summed E-state index contributed by atoms with van der Waals surface area (Å²) in [6.07, 6.45) is 2.63. The SMILES string of the molecule is COc1ccc(CNC2CC2)cc1CSCC(C)CO. The molecule has 1 atom stereocenters. The highest BCUT2D eigenvalue weighted by atomic mass is 32.2. The zero-order chi connectivity index (χ0) is 14.4. The first-order chi connectivity index (χ1) is 9.72. The Morgan fingerprint density at radius 1 is 1.45 bits per heavy atom. The van der Waals surface area contributed by atoms with E-state index in [9.17, 15) is 0 Å². The topological polar surface area (TPSA) is 41.5 Å². The van der Waals surface area contributed by atoms with E-state index in [0.29, 0.717) is 5.92 Å². The molecule has 0 spiro atoms. The van der Waals surface area contributed by atoms with Crippen LogP contribution in [0.5, 0.6) is 5.75 Å². The van der Waals surface area contributed by atoms with Gasteiger partial charge in [0, 0.05) is 30.5 Å². The van der Waals surface area contributed by atoms with Crippen molar-refractivity contribution in [1.29, 1.82) is 0 Å². The predicted octanol–water partition coefficient (Wildman–Crippen LogP) is 2.81. The first-order valence-electron chi connectivity index (χ1n) is 7.30. The molecule has 0 aliphatic heterocycles. The van der Waals surface area contributed by atoms with Gasteiger partial charge in [-0.05, 0) is 42.2 Å². The Morgan fingerprint density at radius 2 is 2.25 bits per heavy atom. The van der Waals surface area contributed by atoms with Gasteiger partial charge in [0.15, 0.2) is 0 Å². The Balaban J connectivity index is 1.90. The highest BCUT2D eigenvalue weighted by Gasteiger charge is 2.20. The molecule has 0 heterocycles. The number of aliphatic hydroxyl groups is 1. The van der Waals surface area contributed by atoms with Crippen molar-refractivity contribution in [1.82, 2.24) is 5.32 Å². The molecule has 112 valence electrons. The molecule has 1 aliphatic carbocycles. The van der Waals surface area contributed by atoms with Crippen LogP contribution < -0.4 is 10.1 Å². The van der Waals surface area contributed by atoms with Gasteiger partial charge in [-0.1, -0.05) is 13.0 Å². The fourth-order valence-corrected chi connectivity index (χ4v) is 3.10. The summed E-state index contributed by atoms with van der Waals surface area (Å²) >= 11 is 1.85. The van der Waals surface area contributed by atoms with E-state index < -0.39 is 0 Å². The van der Waals surface area contributed by atoms with Gasteiger partial charge in [0.1, 0.15) is 5.75 Å². The first-order valence-corrected chi connectivity index (χ1v) is 8.46. The minimum atomic E-state index is 0.259. The van der Waals surface area contributed by atoms with Crippen molar-refractivity contribution < 1.29 is 9.84 Å². The molecule has 2 N–H and O–H groups in total. The standard InChI is InChI=1S/C16H25NO2S/c1-12(9-18)10-20-11-14-7-13(3-6-16(14)19-2)8-17-15-4-5-15/h3,6-7,12,15,17-18H,4-5,8-11H2,1-2H3.